The van der Waals surface area contributed by atoms with Gasteiger partial charge in [0, 0.05) is 43.1 Å². The van der Waals surface area contributed by atoms with Crippen LogP contribution in [0.25, 0.3) is 11.1 Å². The Hall–Kier alpha value is -2.81. The molecule has 0 spiro atoms. The van der Waals surface area contributed by atoms with Crippen LogP contribution in [0.3, 0.4) is 0 Å². The van der Waals surface area contributed by atoms with Gasteiger partial charge in [0.25, 0.3) is 0 Å². The lowest BCUT2D eigenvalue weighted by Crippen LogP contribution is -2.41. The lowest BCUT2D eigenvalue weighted by molar-refractivity contribution is -0.139. The minimum Gasteiger partial charge on any atom is -0.482 e. The minimum atomic E-state index is -1.01. The van der Waals surface area contributed by atoms with E-state index in [0.29, 0.717) is 37.2 Å². The first-order chi connectivity index (χ1) is 15.6. The topological polar surface area (TPSA) is 97.7 Å². The molecule has 0 radical (unpaired) electrons. The van der Waals surface area contributed by atoms with Crippen LogP contribution in [0.1, 0.15) is 12.0 Å². The van der Waals surface area contributed by atoms with Crippen molar-refractivity contribution in [1.82, 2.24) is 4.90 Å². The second-order valence-corrected chi connectivity index (χ2v) is 8.78. The Morgan fingerprint density at radius 1 is 1.16 bits per heavy atom. The molecule has 170 valence electrons. The summed E-state index contributed by atoms with van der Waals surface area (Å²) in [7, 11) is 0. The van der Waals surface area contributed by atoms with Gasteiger partial charge in [-0.25, -0.2) is 4.79 Å². The summed E-state index contributed by atoms with van der Waals surface area (Å²) in [5.74, 6) is 1.28. The number of aliphatic hydroxyl groups is 1. The van der Waals surface area contributed by atoms with E-state index in [-0.39, 0.29) is 18.8 Å². The van der Waals surface area contributed by atoms with Gasteiger partial charge in [0.1, 0.15) is 5.75 Å². The van der Waals surface area contributed by atoms with Crippen LogP contribution < -0.4 is 14.2 Å². The third kappa shape index (κ3) is 4.01. The van der Waals surface area contributed by atoms with E-state index in [9.17, 15) is 9.90 Å². The maximum atomic E-state index is 11.1. The lowest BCUT2D eigenvalue weighted by atomic mass is 9.75. The minimum absolute atomic E-state index is 0.130. The van der Waals surface area contributed by atoms with Gasteiger partial charge >= 0.3 is 5.97 Å². The van der Waals surface area contributed by atoms with Crippen LogP contribution >= 0.6 is 0 Å². The van der Waals surface area contributed by atoms with Gasteiger partial charge in [-0.2, -0.15) is 0 Å². The number of likely N-dealkylation sites (tertiary alicyclic amines) is 1. The molecule has 0 unspecified atom stereocenters. The van der Waals surface area contributed by atoms with Gasteiger partial charge < -0.3 is 29.2 Å². The Bertz CT molecular complexity index is 1010. The first kappa shape index (κ1) is 21.1. The van der Waals surface area contributed by atoms with Crippen LogP contribution in [0.2, 0.25) is 0 Å². The Morgan fingerprint density at radius 3 is 2.78 bits per heavy atom. The summed E-state index contributed by atoms with van der Waals surface area (Å²) in [4.78, 5) is 13.4. The van der Waals surface area contributed by atoms with Gasteiger partial charge in [-0.05, 0) is 41.8 Å². The van der Waals surface area contributed by atoms with Gasteiger partial charge in [0.2, 0.25) is 6.79 Å². The normalized spacial score (nSPS) is 24.3. The van der Waals surface area contributed by atoms with Crippen molar-refractivity contribution in [2.45, 2.75) is 13.0 Å². The largest absolute Gasteiger partial charge is 0.482 e. The number of aliphatic carboxylic acids is 1. The fourth-order valence-corrected chi connectivity index (χ4v) is 5.02. The molecule has 5 rings (SSSR count). The van der Waals surface area contributed by atoms with Crippen molar-refractivity contribution < 1.29 is 34.0 Å². The van der Waals surface area contributed by atoms with E-state index in [0.717, 1.165) is 42.0 Å². The van der Waals surface area contributed by atoms with Crippen LogP contribution in [-0.2, 0) is 16.1 Å². The fraction of sp³-hybridized carbons (Fsp3) is 0.458. The van der Waals surface area contributed by atoms with E-state index in [1.165, 1.54) is 0 Å². The Balaban J connectivity index is 1.42. The molecule has 0 aromatic heterocycles. The van der Waals surface area contributed by atoms with Crippen LogP contribution in [0, 0.1) is 11.3 Å². The zero-order valence-electron chi connectivity index (χ0n) is 17.8. The number of rotatable bonds is 7. The molecule has 3 aliphatic heterocycles. The zero-order chi connectivity index (χ0) is 22.1. The number of benzene rings is 2. The van der Waals surface area contributed by atoms with Gasteiger partial charge in [-0.15, -0.1) is 0 Å². The van der Waals surface area contributed by atoms with E-state index in [1.807, 2.05) is 36.4 Å². The monoisotopic (exact) mass is 441 g/mol. The standard InChI is InChI=1S/C24H27NO7/c26-14-24-5-6-29-11-19(24)10-25(13-24)9-18-7-16(1-3-20(18)30-12-23(27)28)17-2-4-21-22(8-17)32-15-31-21/h1-4,7-8,19,26H,5-6,9-15H2,(H,27,28)/t19-,24-/m1/s1. The SMILES string of the molecule is O=C(O)COc1ccc(-c2ccc3c(c2)OCO3)cc1CN1C[C@@H]2COCC[C@]2(CO)C1. The van der Waals surface area contributed by atoms with Crippen molar-refractivity contribution in [3.8, 4) is 28.4 Å². The van der Waals surface area contributed by atoms with Crippen LogP contribution in [0.4, 0.5) is 0 Å². The first-order valence-corrected chi connectivity index (χ1v) is 10.8. The van der Waals surface area contributed by atoms with Gasteiger partial charge in [0.05, 0.1) is 13.2 Å². The van der Waals surface area contributed by atoms with Crippen molar-refractivity contribution >= 4 is 5.97 Å². The molecule has 32 heavy (non-hydrogen) atoms. The lowest BCUT2D eigenvalue weighted by Gasteiger charge is -2.36. The molecule has 2 aromatic rings. The first-order valence-electron chi connectivity index (χ1n) is 10.8. The van der Waals surface area contributed by atoms with E-state index in [4.69, 9.17) is 24.1 Å². The number of carbonyl (C=O) groups is 1. The van der Waals surface area contributed by atoms with Crippen molar-refractivity contribution in [2.24, 2.45) is 11.3 Å². The summed E-state index contributed by atoms with van der Waals surface area (Å²) >= 11 is 0. The van der Waals surface area contributed by atoms with E-state index >= 15 is 0 Å². The van der Waals surface area contributed by atoms with E-state index in [1.54, 1.807) is 0 Å². The number of fused-ring (bicyclic) bond motifs is 2. The second-order valence-electron chi connectivity index (χ2n) is 8.78. The number of carboxylic acids is 1. The second kappa shape index (κ2) is 8.61. The Labute approximate surface area is 186 Å². The molecule has 3 heterocycles. The van der Waals surface area contributed by atoms with Crippen molar-refractivity contribution in [3.05, 3.63) is 42.0 Å². The number of carboxylic acid groups (broad SMARTS) is 1. The molecule has 0 amide bonds. The highest BCUT2D eigenvalue weighted by Gasteiger charge is 2.47. The third-order valence-corrected chi connectivity index (χ3v) is 6.77. The summed E-state index contributed by atoms with van der Waals surface area (Å²) in [5, 5.41) is 19.2. The number of nitrogens with zero attached hydrogens (tertiary/aromatic N) is 1. The molecule has 2 fully saturated rings. The highest BCUT2D eigenvalue weighted by atomic mass is 16.7. The van der Waals surface area contributed by atoms with Gasteiger partial charge in [-0.1, -0.05) is 12.1 Å². The molecule has 2 N–H and O–H groups in total. The highest BCUT2D eigenvalue weighted by molar-refractivity contribution is 5.70. The van der Waals surface area contributed by atoms with E-state index < -0.39 is 12.6 Å². The average Bonchev–Trinajstić information content (AvgIpc) is 3.41. The van der Waals surface area contributed by atoms with E-state index in [2.05, 4.69) is 4.90 Å². The highest BCUT2D eigenvalue weighted by Crippen LogP contribution is 2.43. The van der Waals surface area contributed by atoms with Crippen LogP contribution in [-0.4, -0.2) is 67.4 Å². The molecular formula is C24H27NO7. The van der Waals surface area contributed by atoms with Crippen molar-refractivity contribution in [1.29, 1.82) is 0 Å². The summed E-state index contributed by atoms with van der Waals surface area (Å²) in [6.45, 7) is 3.53. The summed E-state index contributed by atoms with van der Waals surface area (Å²) in [5.41, 5.74) is 2.75. The number of hydrogen-bond acceptors (Lipinski definition) is 7. The fourth-order valence-electron chi connectivity index (χ4n) is 5.02. The predicted molar refractivity (Wildman–Crippen MR) is 115 cm³/mol. The molecule has 2 atom stereocenters. The van der Waals surface area contributed by atoms with Crippen LogP contribution in [0.5, 0.6) is 17.2 Å². The van der Waals surface area contributed by atoms with Crippen molar-refractivity contribution in [2.75, 3.05) is 46.3 Å². The average molecular weight is 441 g/mol. The van der Waals surface area contributed by atoms with Crippen LogP contribution in [0.15, 0.2) is 36.4 Å². The smallest absolute Gasteiger partial charge is 0.341 e. The number of hydrogen-bond donors (Lipinski definition) is 2. The maximum Gasteiger partial charge on any atom is 0.341 e. The maximum absolute atomic E-state index is 11.1. The molecule has 0 aliphatic carbocycles. The molecule has 2 aromatic carbocycles. The molecule has 0 saturated carbocycles. The quantitative estimate of drug-likeness (QED) is 0.676. The third-order valence-electron chi connectivity index (χ3n) is 6.77. The Kier molecular flexibility index (Phi) is 5.67. The zero-order valence-corrected chi connectivity index (χ0v) is 17.8. The van der Waals surface area contributed by atoms with Crippen molar-refractivity contribution in [3.63, 3.8) is 0 Å². The predicted octanol–water partition coefficient (Wildman–Crippen LogP) is 2.38. The molecule has 0 bridgehead atoms. The summed E-state index contributed by atoms with van der Waals surface area (Å²) < 4.78 is 22.2. The Morgan fingerprint density at radius 2 is 1.97 bits per heavy atom. The molecule has 2 saturated heterocycles. The molecular weight excluding hydrogens is 414 g/mol. The molecule has 8 nitrogen and oxygen atoms in total. The number of aliphatic hydroxyl groups excluding tert-OH is 1. The summed E-state index contributed by atoms with van der Waals surface area (Å²) in [6.07, 6.45) is 0.851. The van der Waals surface area contributed by atoms with Gasteiger partial charge in [-0.3, -0.25) is 4.90 Å². The number of ether oxygens (including phenoxy) is 4. The summed E-state index contributed by atoms with van der Waals surface area (Å²) in [6, 6.07) is 11.6. The molecule has 3 aliphatic rings. The van der Waals surface area contributed by atoms with Gasteiger partial charge in [0.15, 0.2) is 18.1 Å². The molecule has 8 heteroatoms.